The van der Waals surface area contributed by atoms with Crippen molar-refractivity contribution in [1.29, 1.82) is 0 Å². The van der Waals surface area contributed by atoms with Gasteiger partial charge in [0.05, 0.1) is 0 Å². The zero-order chi connectivity index (χ0) is 11.2. The maximum absolute atomic E-state index is 9.08. The summed E-state index contributed by atoms with van der Waals surface area (Å²) in [6.07, 6.45) is 13.5. The predicted molar refractivity (Wildman–Crippen MR) is 67.3 cm³/mol. The van der Waals surface area contributed by atoms with Crippen molar-refractivity contribution in [2.75, 3.05) is 13.2 Å². The van der Waals surface area contributed by atoms with Gasteiger partial charge in [0.25, 0.3) is 0 Å². The first kappa shape index (κ1) is 12.1. The molecule has 0 aromatic heterocycles. The Kier molecular flexibility index (Phi) is 4.86. The van der Waals surface area contributed by atoms with E-state index in [1.165, 1.54) is 51.5 Å². The minimum Gasteiger partial charge on any atom is -0.396 e. The van der Waals surface area contributed by atoms with E-state index < -0.39 is 0 Å². The second-order valence-corrected chi connectivity index (χ2v) is 5.46. The van der Waals surface area contributed by atoms with Crippen molar-refractivity contribution in [3.8, 4) is 0 Å². The van der Waals surface area contributed by atoms with E-state index in [9.17, 15) is 0 Å². The van der Waals surface area contributed by atoms with Crippen molar-refractivity contribution in [3.63, 3.8) is 0 Å². The molecular weight excluding hydrogens is 198 g/mol. The normalized spacial score (nSPS) is 35.2. The van der Waals surface area contributed by atoms with Crippen LogP contribution in [0.25, 0.3) is 0 Å². The molecule has 0 radical (unpaired) electrons. The zero-order valence-corrected chi connectivity index (χ0v) is 10.2. The Hall–Kier alpha value is -0.340. The van der Waals surface area contributed by atoms with E-state index in [-0.39, 0.29) is 0 Å². The molecule has 0 spiro atoms. The molecule has 0 amide bonds. The molecule has 2 N–H and O–H groups in total. The number of rotatable bonds is 4. The largest absolute Gasteiger partial charge is 0.396 e. The molecule has 2 aliphatic rings. The average molecular weight is 223 g/mol. The molecule has 0 heterocycles. The molecule has 0 saturated heterocycles. The molecule has 0 bridgehead atoms. The summed E-state index contributed by atoms with van der Waals surface area (Å²) in [4.78, 5) is 0. The standard InChI is InChI=1S/C14H25NO/c16-11-13-6-8-14(9-7-13)15-10-12-4-2-1-3-5-12/h1-2,12-16H,3-11H2. The van der Waals surface area contributed by atoms with Crippen LogP contribution in [-0.2, 0) is 0 Å². The summed E-state index contributed by atoms with van der Waals surface area (Å²) in [6.45, 7) is 1.58. The van der Waals surface area contributed by atoms with Gasteiger partial charge in [-0.25, -0.2) is 0 Å². The van der Waals surface area contributed by atoms with Crippen LogP contribution in [0, 0.1) is 11.8 Å². The summed E-state index contributed by atoms with van der Waals surface area (Å²) in [5.41, 5.74) is 0. The van der Waals surface area contributed by atoms with Gasteiger partial charge in [0.1, 0.15) is 0 Å². The minimum absolute atomic E-state index is 0.389. The van der Waals surface area contributed by atoms with Crippen LogP contribution in [0.5, 0.6) is 0 Å². The fourth-order valence-electron chi connectivity index (χ4n) is 2.92. The lowest BCUT2D eigenvalue weighted by atomic mass is 9.86. The van der Waals surface area contributed by atoms with Crippen LogP contribution < -0.4 is 5.32 Å². The van der Waals surface area contributed by atoms with Crippen LogP contribution >= 0.6 is 0 Å². The van der Waals surface area contributed by atoms with Gasteiger partial charge in [-0.3, -0.25) is 0 Å². The first-order valence-electron chi connectivity index (χ1n) is 6.87. The van der Waals surface area contributed by atoms with Gasteiger partial charge in [-0.15, -0.1) is 0 Å². The lowest BCUT2D eigenvalue weighted by Crippen LogP contribution is -2.37. The van der Waals surface area contributed by atoms with Crippen molar-refractivity contribution in [2.24, 2.45) is 11.8 Å². The van der Waals surface area contributed by atoms with Crippen LogP contribution in [0.4, 0.5) is 0 Å². The number of aliphatic hydroxyl groups is 1. The Morgan fingerprint density at radius 1 is 1.00 bits per heavy atom. The SMILES string of the molecule is OCC1CCC(NCC2CC=CCC2)CC1. The van der Waals surface area contributed by atoms with Gasteiger partial charge >= 0.3 is 0 Å². The average Bonchev–Trinajstić information content (AvgIpc) is 2.38. The van der Waals surface area contributed by atoms with E-state index in [1.807, 2.05) is 0 Å². The Morgan fingerprint density at radius 3 is 2.44 bits per heavy atom. The van der Waals surface area contributed by atoms with Gasteiger partial charge in [-0.2, -0.15) is 0 Å². The molecule has 2 heteroatoms. The molecule has 92 valence electrons. The maximum Gasteiger partial charge on any atom is 0.0459 e. The lowest BCUT2D eigenvalue weighted by molar-refractivity contribution is 0.173. The molecular formula is C14H25NO. The van der Waals surface area contributed by atoms with Crippen LogP contribution in [0.3, 0.4) is 0 Å². The first-order valence-corrected chi connectivity index (χ1v) is 6.87. The molecule has 2 nitrogen and oxygen atoms in total. The van der Waals surface area contributed by atoms with E-state index in [0.717, 1.165) is 5.92 Å². The van der Waals surface area contributed by atoms with Gasteiger partial charge in [0, 0.05) is 12.6 Å². The fraction of sp³-hybridized carbons (Fsp3) is 0.857. The van der Waals surface area contributed by atoms with Gasteiger partial charge in [0.2, 0.25) is 0 Å². The smallest absolute Gasteiger partial charge is 0.0459 e. The topological polar surface area (TPSA) is 32.3 Å². The quantitative estimate of drug-likeness (QED) is 0.718. The summed E-state index contributed by atoms with van der Waals surface area (Å²) in [7, 11) is 0. The van der Waals surface area contributed by atoms with Crippen molar-refractivity contribution in [1.82, 2.24) is 5.32 Å². The zero-order valence-electron chi connectivity index (χ0n) is 10.2. The van der Waals surface area contributed by atoms with E-state index >= 15 is 0 Å². The molecule has 1 atom stereocenters. The fourth-order valence-corrected chi connectivity index (χ4v) is 2.92. The van der Waals surface area contributed by atoms with Crippen LogP contribution in [0.15, 0.2) is 12.2 Å². The monoisotopic (exact) mass is 223 g/mol. The number of nitrogens with one attached hydrogen (secondary N) is 1. The van der Waals surface area contributed by atoms with Crippen molar-refractivity contribution in [3.05, 3.63) is 12.2 Å². The molecule has 2 rings (SSSR count). The van der Waals surface area contributed by atoms with Crippen molar-refractivity contribution >= 4 is 0 Å². The summed E-state index contributed by atoms with van der Waals surface area (Å²) < 4.78 is 0. The van der Waals surface area contributed by atoms with Crippen molar-refractivity contribution < 1.29 is 5.11 Å². The third-order valence-corrected chi connectivity index (χ3v) is 4.18. The summed E-state index contributed by atoms with van der Waals surface area (Å²) >= 11 is 0. The number of hydrogen-bond donors (Lipinski definition) is 2. The molecule has 2 aliphatic carbocycles. The highest BCUT2D eigenvalue weighted by Gasteiger charge is 2.21. The third kappa shape index (κ3) is 3.60. The Labute approximate surface area is 99.1 Å². The molecule has 0 aromatic rings. The molecule has 1 fully saturated rings. The molecule has 0 aliphatic heterocycles. The predicted octanol–water partition coefficient (Wildman–Crippen LogP) is 2.48. The Morgan fingerprint density at radius 2 is 1.81 bits per heavy atom. The van der Waals surface area contributed by atoms with Crippen LogP contribution in [-0.4, -0.2) is 24.3 Å². The molecule has 0 aromatic carbocycles. The molecule has 1 saturated carbocycles. The van der Waals surface area contributed by atoms with E-state index in [4.69, 9.17) is 5.11 Å². The highest BCUT2D eigenvalue weighted by Crippen LogP contribution is 2.24. The minimum atomic E-state index is 0.389. The van der Waals surface area contributed by atoms with Gasteiger partial charge in [0.15, 0.2) is 0 Å². The van der Waals surface area contributed by atoms with E-state index in [2.05, 4.69) is 17.5 Å². The maximum atomic E-state index is 9.08. The van der Waals surface area contributed by atoms with Gasteiger partial charge < -0.3 is 10.4 Å². The lowest BCUT2D eigenvalue weighted by Gasteiger charge is -2.29. The summed E-state index contributed by atoms with van der Waals surface area (Å²) in [6, 6.07) is 0.716. The third-order valence-electron chi connectivity index (χ3n) is 4.18. The Balaban J connectivity index is 1.61. The second-order valence-electron chi connectivity index (χ2n) is 5.46. The van der Waals surface area contributed by atoms with Crippen molar-refractivity contribution in [2.45, 2.75) is 51.0 Å². The molecule has 16 heavy (non-hydrogen) atoms. The first-order chi connectivity index (χ1) is 7.88. The number of aliphatic hydroxyl groups excluding tert-OH is 1. The van der Waals surface area contributed by atoms with Gasteiger partial charge in [-0.1, -0.05) is 12.2 Å². The molecule has 1 unspecified atom stereocenters. The Bertz CT molecular complexity index is 219. The van der Waals surface area contributed by atoms with E-state index in [1.54, 1.807) is 0 Å². The van der Waals surface area contributed by atoms with Gasteiger partial charge in [-0.05, 0) is 63.3 Å². The number of hydrogen-bond acceptors (Lipinski definition) is 2. The summed E-state index contributed by atoms with van der Waals surface area (Å²) in [5.74, 6) is 1.44. The van der Waals surface area contributed by atoms with E-state index in [0.29, 0.717) is 18.6 Å². The van der Waals surface area contributed by atoms with Crippen LogP contribution in [0.2, 0.25) is 0 Å². The highest BCUT2D eigenvalue weighted by atomic mass is 16.3. The summed E-state index contributed by atoms with van der Waals surface area (Å²) in [5, 5.41) is 12.8. The number of allylic oxidation sites excluding steroid dienone is 2. The second kappa shape index (κ2) is 6.41. The highest BCUT2D eigenvalue weighted by molar-refractivity contribution is 4.91. The van der Waals surface area contributed by atoms with Crippen LogP contribution in [0.1, 0.15) is 44.9 Å².